The summed E-state index contributed by atoms with van der Waals surface area (Å²) in [4.78, 5) is 0. The standard InChI is InChI=1S/C12H18N4O/c1-8(12-9(2)15-17-10(12)3)13-7-11-5-6-14-16(11)4/h5-6,8,13H,7H2,1-4H3. The fraction of sp³-hybridized carbons (Fsp3) is 0.500. The van der Waals surface area contributed by atoms with Crippen molar-refractivity contribution in [3.05, 3.63) is 35.0 Å². The van der Waals surface area contributed by atoms with Gasteiger partial charge in [-0.05, 0) is 26.8 Å². The van der Waals surface area contributed by atoms with Gasteiger partial charge in [0.05, 0.1) is 11.4 Å². The molecule has 2 rings (SSSR count). The third-order valence-electron chi connectivity index (χ3n) is 3.03. The van der Waals surface area contributed by atoms with Crippen LogP contribution in [-0.2, 0) is 13.6 Å². The zero-order chi connectivity index (χ0) is 12.4. The Morgan fingerprint density at radius 3 is 2.76 bits per heavy atom. The van der Waals surface area contributed by atoms with Crippen LogP contribution in [0.25, 0.3) is 0 Å². The van der Waals surface area contributed by atoms with E-state index in [2.05, 4.69) is 22.5 Å². The molecule has 1 atom stereocenters. The zero-order valence-electron chi connectivity index (χ0n) is 10.7. The summed E-state index contributed by atoms with van der Waals surface area (Å²) < 4.78 is 7.04. The van der Waals surface area contributed by atoms with Crippen molar-refractivity contribution in [3.63, 3.8) is 0 Å². The van der Waals surface area contributed by atoms with Gasteiger partial charge in [0.2, 0.25) is 0 Å². The molecule has 0 saturated carbocycles. The highest BCUT2D eigenvalue weighted by Gasteiger charge is 2.16. The predicted octanol–water partition coefficient (Wildman–Crippen LogP) is 1.88. The summed E-state index contributed by atoms with van der Waals surface area (Å²) in [6, 6.07) is 2.23. The highest BCUT2D eigenvalue weighted by atomic mass is 16.5. The van der Waals surface area contributed by atoms with Crippen molar-refractivity contribution in [2.45, 2.75) is 33.4 Å². The summed E-state index contributed by atoms with van der Waals surface area (Å²) in [5, 5.41) is 11.6. The summed E-state index contributed by atoms with van der Waals surface area (Å²) in [5.74, 6) is 0.882. The van der Waals surface area contributed by atoms with Crippen LogP contribution < -0.4 is 5.32 Å². The molecule has 5 nitrogen and oxygen atoms in total. The normalized spacial score (nSPS) is 12.9. The number of nitrogens with one attached hydrogen (secondary N) is 1. The van der Waals surface area contributed by atoms with Crippen molar-refractivity contribution >= 4 is 0 Å². The van der Waals surface area contributed by atoms with E-state index in [1.54, 1.807) is 6.20 Å². The minimum Gasteiger partial charge on any atom is -0.361 e. The Bertz CT molecular complexity index is 481. The van der Waals surface area contributed by atoms with Crippen LogP contribution in [0.4, 0.5) is 0 Å². The van der Waals surface area contributed by atoms with Gasteiger partial charge in [0.25, 0.3) is 0 Å². The topological polar surface area (TPSA) is 55.9 Å². The highest BCUT2D eigenvalue weighted by molar-refractivity contribution is 5.24. The first-order valence-corrected chi connectivity index (χ1v) is 5.72. The molecule has 0 aliphatic carbocycles. The Labute approximate surface area is 101 Å². The van der Waals surface area contributed by atoms with Gasteiger partial charge in [0.15, 0.2) is 0 Å². The van der Waals surface area contributed by atoms with Crippen molar-refractivity contribution < 1.29 is 4.52 Å². The first-order valence-electron chi connectivity index (χ1n) is 5.72. The van der Waals surface area contributed by atoms with E-state index in [1.165, 1.54) is 0 Å². The molecule has 0 aromatic carbocycles. The Hall–Kier alpha value is -1.62. The smallest absolute Gasteiger partial charge is 0.138 e. The molecule has 0 bridgehead atoms. The monoisotopic (exact) mass is 234 g/mol. The molecule has 0 saturated heterocycles. The maximum atomic E-state index is 5.17. The number of hydrogen-bond donors (Lipinski definition) is 1. The Balaban J connectivity index is 2.03. The van der Waals surface area contributed by atoms with Gasteiger partial charge in [-0.1, -0.05) is 5.16 Å². The lowest BCUT2D eigenvalue weighted by molar-refractivity contribution is 0.390. The van der Waals surface area contributed by atoms with Gasteiger partial charge in [-0.3, -0.25) is 4.68 Å². The van der Waals surface area contributed by atoms with Crippen molar-refractivity contribution in [1.82, 2.24) is 20.3 Å². The fourth-order valence-electron chi connectivity index (χ4n) is 2.04. The minimum absolute atomic E-state index is 0.219. The summed E-state index contributed by atoms with van der Waals surface area (Å²) in [6.45, 7) is 6.80. The predicted molar refractivity (Wildman–Crippen MR) is 64.4 cm³/mol. The molecular weight excluding hydrogens is 216 g/mol. The maximum absolute atomic E-state index is 5.17. The molecule has 1 N–H and O–H groups in total. The first kappa shape index (κ1) is 11.9. The number of aromatic nitrogens is 3. The van der Waals surface area contributed by atoms with Crippen LogP contribution in [0.2, 0.25) is 0 Å². The molecular formula is C12H18N4O. The molecule has 2 aromatic heterocycles. The number of nitrogens with zero attached hydrogens (tertiary/aromatic N) is 3. The summed E-state index contributed by atoms with van der Waals surface area (Å²) in [5.41, 5.74) is 3.25. The van der Waals surface area contributed by atoms with Crippen LogP contribution in [0.3, 0.4) is 0 Å². The van der Waals surface area contributed by atoms with Crippen LogP contribution in [0.1, 0.15) is 35.7 Å². The lowest BCUT2D eigenvalue weighted by Gasteiger charge is -2.13. The quantitative estimate of drug-likeness (QED) is 0.877. The van der Waals surface area contributed by atoms with E-state index < -0.39 is 0 Å². The van der Waals surface area contributed by atoms with Gasteiger partial charge < -0.3 is 9.84 Å². The molecule has 92 valence electrons. The van der Waals surface area contributed by atoms with E-state index in [1.807, 2.05) is 31.6 Å². The van der Waals surface area contributed by atoms with Crippen molar-refractivity contribution in [1.29, 1.82) is 0 Å². The van der Waals surface area contributed by atoms with E-state index in [0.29, 0.717) is 0 Å². The number of rotatable bonds is 4. The van der Waals surface area contributed by atoms with E-state index in [0.717, 1.165) is 29.3 Å². The summed E-state index contributed by atoms with van der Waals surface area (Å²) in [6.07, 6.45) is 1.80. The zero-order valence-corrected chi connectivity index (χ0v) is 10.7. The molecule has 1 unspecified atom stereocenters. The second kappa shape index (κ2) is 4.71. The molecule has 0 spiro atoms. The van der Waals surface area contributed by atoms with E-state index in [9.17, 15) is 0 Å². The van der Waals surface area contributed by atoms with Gasteiger partial charge in [-0.2, -0.15) is 5.10 Å². The Morgan fingerprint density at radius 1 is 1.47 bits per heavy atom. The molecule has 17 heavy (non-hydrogen) atoms. The average Bonchev–Trinajstić information content (AvgIpc) is 2.83. The highest BCUT2D eigenvalue weighted by Crippen LogP contribution is 2.21. The molecule has 5 heteroatoms. The summed E-state index contributed by atoms with van der Waals surface area (Å²) >= 11 is 0. The van der Waals surface area contributed by atoms with E-state index in [-0.39, 0.29) is 6.04 Å². The van der Waals surface area contributed by atoms with Crippen molar-refractivity contribution in [2.24, 2.45) is 7.05 Å². The van der Waals surface area contributed by atoms with E-state index >= 15 is 0 Å². The summed E-state index contributed by atoms with van der Waals surface area (Å²) in [7, 11) is 1.94. The molecule has 0 amide bonds. The minimum atomic E-state index is 0.219. The molecule has 2 aromatic rings. The number of hydrogen-bond acceptors (Lipinski definition) is 4. The van der Waals surface area contributed by atoms with Crippen LogP contribution in [0, 0.1) is 13.8 Å². The SMILES string of the molecule is Cc1noc(C)c1C(C)NCc1ccnn1C. The third-order valence-corrected chi connectivity index (χ3v) is 3.03. The van der Waals surface area contributed by atoms with Gasteiger partial charge >= 0.3 is 0 Å². The van der Waals surface area contributed by atoms with E-state index in [4.69, 9.17) is 4.52 Å². The second-order valence-electron chi connectivity index (χ2n) is 4.29. The van der Waals surface area contributed by atoms with Crippen LogP contribution in [0.5, 0.6) is 0 Å². The number of aryl methyl sites for hydroxylation is 3. The van der Waals surface area contributed by atoms with Gasteiger partial charge in [0.1, 0.15) is 5.76 Å². The molecule has 0 aliphatic heterocycles. The molecule has 0 fully saturated rings. The third kappa shape index (κ3) is 2.39. The first-order chi connectivity index (χ1) is 8.09. The Morgan fingerprint density at radius 2 is 2.24 bits per heavy atom. The van der Waals surface area contributed by atoms with Crippen LogP contribution >= 0.6 is 0 Å². The second-order valence-corrected chi connectivity index (χ2v) is 4.29. The maximum Gasteiger partial charge on any atom is 0.138 e. The lowest BCUT2D eigenvalue weighted by atomic mass is 10.1. The fourth-order valence-corrected chi connectivity index (χ4v) is 2.04. The average molecular weight is 234 g/mol. The lowest BCUT2D eigenvalue weighted by Crippen LogP contribution is -2.20. The van der Waals surface area contributed by atoms with Crippen molar-refractivity contribution in [3.8, 4) is 0 Å². The van der Waals surface area contributed by atoms with Crippen LogP contribution in [0.15, 0.2) is 16.8 Å². The van der Waals surface area contributed by atoms with Gasteiger partial charge in [-0.25, -0.2) is 0 Å². The molecule has 2 heterocycles. The molecule has 0 radical (unpaired) electrons. The van der Waals surface area contributed by atoms with Crippen molar-refractivity contribution in [2.75, 3.05) is 0 Å². The Kier molecular flexibility index (Phi) is 3.28. The molecule has 0 aliphatic rings. The van der Waals surface area contributed by atoms with Crippen LogP contribution in [-0.4, -0.2) is 14.9 Å². The van der Waals surface area contributed by atoms with Gasteiger partial charge in [-0.15, -0.1) is 0 Å². The van der Waals surface area contributed by atoms with Gasteiger partial charge in [0, 0.05) is 31.4 Å². The largest absolute Gasteiger partial charge is 0.361 e.